The summed E-state index contributed by atoms with van der Waals surface area (Å²) in [5, 5.41) is 11.8. The molecule has 0 atom stereocenters. The zero-order valence-electron chi connectivity index (χ0n) is 12.1. The molecule has 6 heteroatoms. The van der Waals surface area contributed by atoms with E-state index in [0.717, 1.165) is 32.2 Å². The zero-order chi connectivity index (χ0) is 14.5. The van der Waals surface area contributed by atoms with Gasteiger partial charge in [-0.3, -0.25) is 4.79 Å². The number of carboxylic acid groups (broad SMARTS) is 1. The number of carbonyl (C=O) groups excluding carboxylic acids is 1. The van der Waals surface area contributed by atoms with Gasteiger partial charge in [-0.1, -0.05) is 0 Å². The molecule has 0 saturated heterocycles. The highest BCUT2D eigenvalue weighted by Crippen LogP contribution is 2.35. The molecule has 0 aromatic heterocycles. The zero-order valence-corrected chi connectivity index (χ0v) is 12.1. The Morgan fingerprint density at radius 3 is 2.26 bits per heavy atom. The van der Waals surface area contributed by atoms with Gasteiger partial charge in [-0.05, 0) is 46.3 Å². The van der Waals surface area contributed by atoms with Crippen LogP contribution in [0.2, 0.25) is 0 Å². The number of nitrogens with zero attached hydrogens (tertiary/aromatic N) is 2. The summed E-state index contributed by atoms with van der Waals surface area (Å²) < 4.78 is 0. The quantitative estimate of drug-likeness (QED) is 0.724. The van der Waals surface area contributed by atoms with Crippen LogP contribution in [0.1, 0.15) is 32.1 Å². The van der Waals surface area contributed by atoms with Gasteiger partial charge in [0.25, 0.3) is 0 Å². The van der Waals surface area contributed by atoms with Gasteiger partial charge in [0.05, 0.1) is 12.0 Å². The Hall–Kier alpha value is -1.30. The average molecular weight is 271 g/mol. The van der Waals surface area contributed by atoms with Crippen LogP contribution in [0.5, 0.6) is 0 Å². The molecule has 0 unspecified atom stereocenters. The minimum Gasteiger partial charge on any atom is -0.481 e. The number of nitrogens with one attached hydrogen (secondary N) is 1. The van der Waals surface area contributed by atoms with Gasteiger partial charge in [0.15, 0.2) is 0 Å². The predicted octanol–water partition coefficient (Wildman–Crippen LogP) is 0.977. The van der Waals surface area contributed by atoms with Crippen molar-refractivity contribution in [2.45, 2.75) is 37.6 Å². The van der Waals surface area contributed by atoms with Crippen molar-refractivity contribution < 1.29 is 14.7 Å². The van der Waals surface area contributed by atoms with Crippen LogP contribution in [-0.2, 0) is 4.79 Å². The lowest BCUT2D eigenvalue weighted by Crippen LogP contribution is -2.57. The SMILES string of the molecule is CN(C)CCCN(C)C(=O)NC1(CC(=O)O)CCC1. The van der Waals surface area contributed by atoms with Crippen molar-refractivity contribution in [1.29, 1.82) is 0 Å². The van der Waals surface area contributed by atoms with E-state index in [0.29, 0.717) is 6.54 Å². The van der Waals surface area contributed by atoms with Gasteiger partial charge < -0.3 is 20.2 Å². The number of carboxylic acids is 1. The Bertz CT molecular complexity index is 327. The van der Waals surface area contributed by atoms with Crippen molar-refractivity contribution in [3.8, 4) is 0 Å². The predicted molar refractivity (Wildman–Crippen MR) is 73.2 cm³/mol. The van der Waals surface area contributed by atoms with Gasteiger partial charge in [-0.15, -0.1) is 0 Å². The second-order valence-electron chi connectivity index (χ2n) is 5.71. The van der Waals surface area contributed by atoms with E-state index in [4.69, 9.17) is 5.11 Å². The molecule has 0 heterocycles. The van der Waals surface area contributed by atoms with E-state index < -0.39 is 11.5 Å². The van der Waals surface area contributed by atoms with E-state index in [1.807, 2.05) is 14.1 Å². The van der Waals surface area contributed by atoms with E-state index in [1.54, 1.807) is 11.9 Å². The Balaban J connectivity index is 2.37. The summed E-state index contributed by atoms with van der Waals surface area (Å²) in [4.78, 5) is 26.6. The molecular weight excluding hydrogens is 246 g/mol. The van der Waals surface area contributed by atoms with Gasteiger partial charge in [0, 0.05) is 13.6 Å². The summed E-state index contributed by atoms with van der Waals surface area (Å²) in [5.74, 6) is -0.852. The van der Waals surface area contributed by atoms with Gasteiger partial charge in [0.1, 0.15) is 0 Å². The van der Waals surface area contributed by atoms with Crippen LogP contribution < -0.4 is 5.32 Å². The average Bonchev–Trinajstić information content (AvgIpc) is 2.24. The van der Waals surface area contributed by atoms with Crippen LogP contribution >= 0.6 is 0 Å². The molecular formula is C13H25N3O3. The number of aliphatic carboxylic acids is 1. The molecule has 2 N–H and O–H groups in total. The van der Waals surface area contributed by atoms with Crippen molar-refractivity contribution in [2.75, 3.05) is 34.2 Å². The molecule has 2 amide bonds. The number of hydrogen-bond donors (Lipinski definition) is 2. The molecule has 1 fully saturated rings. The van der Waals surface area contributed by atoms with Crippen molar-refractivity contribution in [3.63, 3.8) is 0 Å². The first-order chi connectivity index (χ1) is 8.84. The lowest BCUT2D eigenvalue weighted by atomic mass is 9.74. The highest BCUT2D eigenvalue weighted by molar-refractivity contribution is 5.77. The maximum atomic E-state index is 12.0. The fourth-order valence-corrected chi connectivity index (χ4v) is 2.29. The van der Waals surface area contributed by atoms with Crippen LogP contribution in [0.3, 0.4) is 0 Å². The molecule has 1 saturated carbocycles. The fourth-order valence-electron chi connectivity index (χ4n) is 2.29. The van der Waals surface area contributed by atoms with Crippen LogP contribution in [0.4, 0.5) is 4.79 Å². The van der Waals surface area contributed by atoms with Crippen LogP contribution in [0, 0.1) is 0 Å². The van der Waals surface area contributed by atoms with Crippen molar-refractivity contribution in [1.82, 2.24) is 15.1 Å². The van der Waals surface area contributed by atoms with E-state index >= 15 is 0 Å². The van der Waals surface area contributed by atoms with Gasteiger partial charge >= 0.3 is 12.0 Å². The molecule has 1 rings (SSSR count). The Morgan fingerprint density at radius 1 is 1.21 bits per heavy atom. The van der Waals surface area contributed by atoms with E-state index in [1.165, 1.54) is 0 Å². The number of rotatable bonds is 7. The fraction of sp³-hybridized carbons (Fsp3) is 0.846. The molecule has 1 aliphatic carbocycles. The third-order valence-corrected chi connectivity index (χ3v) is 3.62. The van der Waals surface area contributed by atoms with Crippen molar-refractivity contribution >= 4 is 12.0 Å². The minimum atomic E-state index is -0.852. The van der Waals surface area contributed by atoms with Crippen LogP contribution in [0.15, 0.2) is 0 Å². The summed E-state index contributed by atoms with van der Waals surface area (Å²) in [5.41, 5.74) is -0.515. The third kappa shape index (κ3) is 5.06. The molecule has 19 heavy (non-hydrogen) atoms. The molecule has 0 radical (unpaired) electrons. The summed E-state index contributed by atoms with van der Waals surface area (Å²) >= 11 is 0. The lowest BCUT2D eigenvalue weighted by Gasteiger charge is -2.42. The molecule has 6 nitrogen and oxygen atoms in total. The van der Waals surface area contributed by atoms with E-state index in [9.17, 15) is 9.59 Å². The monoisotopic (exact) mass is 271 g/mol. The largest absolute Gasteiger partial charge is 0.481 e. The topological polar surface area (TPSA) is 72.9 Å². The van der Waals surface area contributed by atoms with Crippen molar-refractivity contribution in [3.05, 3.63) is 0 Å². The molecule has 110 valence electrons. The first-order valence-corrected chi connectivity index (χ1v) is 6.74. The highest BCUT2D eigenvalue weighted by atomic mass is 16.4. The standard InChI is InChI=1S/C13H25N3O3/c1-15(2)8-5-9-16(3)12(19)14-13(6-4-7-13)10-11(17)18/h4-10H2,1-3H3,(H,14,19)(H,17,18). The maximum Gasteiger partial charge on any atom is 0.317 e. The highest BCUT2D eigenvalue weighted by Gasteiger charge is 2.40. The lowest BCUT2D eigenvalue weighted by molar-refractivity contribution is -0.139. The molecule has 0 aliphatic heterocycles. The molecule has 0 bridgehead atoms. The molecule has 0 aromatic carbocycles. The number of carbonyl (C=O) groups is 2. The Morgan fingerprint density at radius 2 is 1.84 bits per heavy atom. The third-order valence-electron chi connectivity index (χ3n) is 3.62. The second kappa shape index (κ2) is 6.75. The Kier molecular flexibility index (Phi) is 5.60. The minimum absolute atomic E-state index is 0.0181. The van der Waals surface area contributed by atoms with E-state index in [-0.39, 0.29) is 12.5 Å². The first-order valence-electron chi connectivity index (χ1n) is 6.74. The smallest absolute Gasteiger partial charge is 0.317 e. The van der Waals surface area contributed by atoms with E-state index in [2.05, 4.69) is 10.2 Å². The van der Waals surface area contributed by atoms with Gasteiger partial charge in [-0.25, -0.2) is 4.79 Å². The number of hydrogen-bond acceptors (Lipinski definition) is 3. The second-order valence-corrected chi connectivity index (χ2v) is 5.71. The van der Waals surface area contributed by atoms with Gasteiger partial charge in [-0.2, -0.15) is 0 Å². The normalized spacial score (nSPS) is 16.8. The first kappa shape index (κ1) is 15.8. The van der Waals surface area contributed by atoms with Gasteiger partial charge in [0.2, 0.25) is 0 Å². The number of amides is 2. The van der Waals surface area contributed by atoms with Crippen LogP contribution in [0.25, 0.3) is 0 Å². The molecule has 0 aromatic rings. The summed E-state index contributed by atoms with van der Waals surface area (Å²) in [6, 6.07) is -0.167. The summed E-state index contributed by atoms with van der Waals surface area (Å²) in [6.45, 7) is 1.60. The van der Waals surface area contributed by atoms with Crippen molar-refractivity contribution in [2.24, 2.45) is 0 Å². The maximum absolute atomic E-state index is 12.0. The number of urea groups is 1. The van der Waals surface area contributed by atoms with Crippen LogP contribution in [-0.4, -0.2) is 66.7 Å². The molecule has 0 spiro atoms. The summed E-state index contributed by atoms with van der Waals surface area (Å²) in [6.07, 6.45) is 3.43. The summed E-state index contributed by atoms with van der Waals surface area (Å²) in [7, 11) is 5.74. The molecule has 1 aliphatic rings. The Labute approximate surface area is 114 Å².